The summed E-state index contributed by atoms with van der Waals surface area (Å²) in [4.78, 5) is 0. The Labute approximate surface area is 301 Å². The summed E-state index contributed by atoms with van der Waals surface area (Å²) in [5.74, 6) is 10.7. The standard InChI is InChI=1S/C21H39N.C18H18.C8H18/c1-8-11-14-22-20(7)19(6)15-17(4)18(5)16-21(12-9-2)13-10-3;1-4-6-7-8-10-16(3)13-14-18-12-9-11-17(5-2)15-18;1-4-6-7-8(3)5-2/h15,21-22H,7-14,16H2,1-6H3;1,7-12,15H,5-6H2,2-3H3;8H,4-7H2,1-3H3/b18-17+,19-15+;8-7-,16-10+;. The Morgan fingerprint density at radius 2 is 1.58 bits per heavy atom. The first-order valence-electron chi connectivity index (χ1n) is 19.2. The zero-order chi connectivity index (χ0) is 36.6. The van der Waals surface area contributed by atoms with Crippen molar-refractivity contribution in [2.75, 3.05) is 6.54 Å². The Morgan fingerprint density at radius 1 is 0.917 bits per heavy atom. The van der Waals surface area contributed by atoms with Crippen molar-refractivity contribution in [3.8, 4) is 24.2 Å². The van der Waals surface area contributed by atoms with Gasteiger partial charge in [0.25, 0.3) is 0 Å². The highest BCUT2D eigenvalue weighted by Gasteiger charge is 2.09. The van der Waals surface area contributed by atoms with Gasteiger partial charge in [0.1, 0.15) is 0 Å². The first-order chi connectivity index (χ1) is 23.0. The molecule has 0 aliphatic heterocycles. The van der Waals surface area contributed by atoms with Gasteiger partial charge < -0.3 is 5.32 Å². The summed E-state index contributed by atoms with van der Waals surface area (Å²) in [5, 5.41) is 3.42. The molecule has 0 aliphatic carbocycles. The highest BCUT2D eigenvalue weighted by molar-refractivity contribution is 5.42. The van der Waals surface area contributed by atoms with E-state index in [4.69, 9.17) is 6.42 Å². The van der Waals surface area contributed by atoms with Gasteiger partial charge in [0.2, 0.25) is 0 Å². The lowest BCUT2D eigenvalue weighted by Crippen LogP contribution is -2.14. The maximum atomic E-state index is 5.16. The van der Waals surface area contributed by atoms with Crippen molar-refractivity contribution in [2.24, 2.45) is 11.8 Å². The molecule has 0 fully saturated rings. The Morgan fingerprint density at radius 3 is 2.15 bits per heavy atom. The number of unbranched alkanes of at least 4 members (excludes halogenated alkanes) is 2. The summed E-state index contributed by atoms with van der Waals surface area (Å²) in [5.41, 5.74) is 8.69. The third-order valence-corrected chi connectivity index (χ3v) is 8.64. The van der Waals surface area contributed by atoms with Gasteiger partial charge in [-0.15, -0.1) is 12.3 Å². The van der Waals surface area contributed by atoms with Gasteiger partial charge in [-0.1, -0.05) is 172 Å². The highest BCUT2D eigenvalue weighted by atomic mass is 14.9. The SMILES string of the molecule is C#CC/C=C\C=C(/C)C#Cc1cccc(CC)c1.C=C(NCCCC)/C(C)=C/C(C)=C(\C)CC(CCC)CCC.CCCCC(C)CC. The molecule has 0 saturated heterocycles. The Balaban J connectivity index is 0. The maximum absolute atomic E-state index is 5.16. The maximum Gasteiger partial charge on any atom is 0.0296 e. The quantitative estimate of drug-likeness (QED) is 0.0890. The van der Waals surface area contributed by atoms with Crippen molar-refractivity contribution < 1.29 is 0 Å². The molecule has 0 aliphatic rings. The first kappa shape index (κ1) is 47.0. The zero-order valence-electron chi connectivity index (χ0n) is 33.5. The molecule has 0 spiro atoms. The fourth-order valence-electron chi connectivity index (χ4n) is 5.04. The van der Waals surface area contributed by atoms with E-state index in [9.17, 15) is 0 Å². The van der Waals surface area contributed by atoms with Gasteiger partial charge in [0.15, 0.2) is 0 Å². The average molecular weight is 654 g/mol. The molecule has 1 unspecified atom stereocenters. The van der Waals surface area contributed by atoms with Crippen LogP contribution in [0.5, 0.6) is 0 Å². The monoisotopic (exact) mass is 654 g/mol. The topological polar surface area (TPSA) is 12.0 Å². The van der Waals surface area contributed by atoms with Crippen LogP contribution in [0.1, 0.15) is 164 Å². The van der Waals surface area contributed by atoms with Crippen LogP contribution in [0, 0.1) is 36.0 Å². The molecule has 48 heavy (non-hydrogen) atoms. The van der Waals surface area contributed by atoms with Crippen molar-refractivity contribution in [3.63, 3.8) is 0 Å². The normalized spacial score (nSPS) is 12.5. The van der Waals surface area contributed by atoms with E-state index in [1.165, 1.54) is 92.9 Å². The molecule has 1 nitrogen and oxygen atoms in total. The van der Waals surface area contributed by atoms with Crippen LogP contribution in [-0.4, -0.2) is 6.54 Å². The molecule has 1 N–H and O–H groups in total. The summed E-state index contributed by atoms with van der Waals surface area (Å²) in [7, 11) is 0. The Hall–Kier alpha value is -3.16. The molecule has 1 aromatic carbocycles. The fourth-order valence-corrected chi connectivity index (χ4v) is 5.04. The van der Waals surface area contributed by atoms with Crippen LogP contribution in [0.2, 0.25) is 0 Å². The van der Waals surface area contributed by atoms with Crippen molar-refractivity contribution in [1.29, 1.82) is 0 Å². The van der Waals surface area contributed by atoms with E-state index in [0.717, 1.165) is 41.6 Å². The summed E-state index contributed by atoms with van der Waals surface area (Å²) < 4.78 is 0. The number of benzene rings is 1. The number of hydrogen-bond acceptors (Lipinski definition) is 1. The van der Waals surface area contributed by atoms with Crippen LogP contribution < -0.4 is 5.32 Å². The smallest absolute Gasteiger partial charge is 0.0296 e. The van der Waals surface area contributed by atoms with Crippen LogP contribution in [0.3, 0.4) is 0 Å². The van der Waals surface area contributed by atoms with Crippen molar-refractivity contribution in [2.45, 2.75) is 160 Å². The molecule has 1 aromatic rings. The zero-order valence-corrected chi connectivity index (χ0v) is 33.5. The molecule has 0 bridgehead atoms. The third kappa shape index (κ3) is 26.9. The lowest BCUT2D eigenvalue weighted by molar-refractivity contribution is 0.436. The second-order valence-corrected chi connectivity index (χ2v) is 13.3. The molecule has 1 atom stereocenters. The lowest BCUT2D eigenvalue weighted by Gasteiger charge is -2.17. The lowest BCUT2D eigenvalue weighted by atomic mass is 9.89. The van der Waals surface area contributed by atoms with Gasteiger partial charge in [-0.25, -0.2) is 0 Å². The van der Waals surface area contributed by atoms with Gasteiger partial charge in [-0.3, -0.25) is 0 Å². The number of allylic oxidation sites excluding steroid dienone is 8. The van der Waals surface area contributed by atoms with Gasteiger partial charge in [-0.05, 0) is 87.6 Å². The number of rotatable bonds is 19. The molecule has 0 radical (unpaired) electrons. The second kappa shape index (κ2) is 32.4. The second-order valence-electron chi connectivity index (χ2n) is 13.3. The highest BCUT2D eigenvalue weighted by Crippen LogP contribution is 2.24. The fraction of sp³-hybridized carbons (Fsp3) is 0.574. The summed E-state index contributed by atoms with van der Waals surface area (Å²) in [6.07, 6.45) is 29.5. The molecular weight excluding hydrogens is 579 g/mol. The molecular formula is C47H75N. The van der Waals surface area contributed by atoms with Gasteiger partial charge in [0, 0.05) is 24.2 Å². The van der Waals surface area contributed by atoms with E-state index in [1.807, 2.05) is 31.2 Å². The van der Waals surface area contributed by atoms with Crippen LogP contribution in [0.15, 0.2) is 83.1 Å². The molecule has 0 aromatic heterocycles. The van der Waals surface area contributed by atoms with E-state index in [0.29, 0.717) is 6.42 Å². The molecule has 0 amide bonds. The van der Waals surface area contributed by atoms with Crippen LogP contribution in [0.4, 0.5) is 0 Å². The summed E-state index contributed by atoms with van der Waals surface area (Å²) in [6.45, 7) is 29.7. The minimum absolute atomic E-state index is 0.662. The molecule has 268 valence electrons. The predicted octanol–water partition coefficient (Wildman–Crippen LogP) is 14.1. The molecule has 0 saturated carbocycles. The van der Waals surface area contributed by atoms with E-state index in [1.54, 1.807) is 0 Å². The largest absolute Gasteiger partial charge is 0.385 e. The molecule has 0 heterocycles. The van der Waals surface area contributed by atoms with E-state index in [2.05, 4.69) is 123 Å². The van der Waals surface area contributed by atoms with E-state index in [-0.39, 0.29) is 0 Å². The van der Waals surface area contributed by atoms with Gasteiger partial charge in [-0.2, -0.15) is 0 Å². The van der Waals surface area contributed by atoms with E-state index < -0.39 is 0 Å². The van der Waals surface area contributed by atoms with Crippen LogP contribution in [-0.2, 0) is 6.42 Å². The third-order valence-electron chi connectivity index (χ3n) is 8.64. The van der Waals surface area contributed by atoms with Crippen LogP contribution in [0.25, 0.3) is 0 Å². The van der Waals surface area contributed by atoms with Gasteiger partial charge >= 0.3 is 0 Å². The summed E-state index contributed by atoms with van der Waals surface area (Å²) in [6, 6.07) is 8.34. The summed E-state index contributed by atoms with van der Waals surface area (Å²) >= 11 is 0. The number of hydrogen-bond donors (Lipinski definition) is 1. The minimum atomic E-state index is 0.662. The molecule has 1 rings (SSSR count). The Bertz CT molecular complexity index is 1190. The molecule has 1 heteroatoms. The van der Waals surface area contributed by atoms with Crippen molar-refractivity contribution >= 4 is 0 Å². The average Bonchev–Trinajstić information content (AvgIpc) is 3.09. The van der Waals surface area contributed by atoms with Crippen molar-refractivity contribution in [3.05, 3.63) is 94.3 Å². The van der Waals surface area contributed by atoms with E-state index >= 15 is 0 Å². The number of nitrogens with one attached hydrogen (secondary N) is 1. The Kier molecular flexibility index (Phi) is 31.7. The van der Waals surface area contributed by atoms with Crippen molar-refractivity contribution in [1.82, 2.24) is 5.32 Å². The van der Waals surface area contributed by atoms with Crippen LogP contribution >= 0.6 is 0 Å². The predicted molar refractivity (Wildman–Crippen MR) is 220 cm³/mol. The number of terminal acetylenes is 1. The number of aryl methyl sites for hydroxylation is 1. The van der Waals surface area contributed by atoms with Gasteiger partial charge in [0.05, 0.1) is 0 Å². The minimum Gasteiger partial charge on any atom is -0.385 e. The first-order valence-corrected chi connectivity index (χ1v) is 19.2.